The lowest BCUT2D eigenvalue weighted by Gasteiger charge is -2.12. The van der Waals surface area contributed by atoms with Gasteiger partial charge in [-0.15, -0.1) is 11.8 Å². The van der Waals surface area contributed by atoms with Crippen LogP contribution in [0.1, 0.15) is 26.3 Å². The quantitative estimate of drug-likeness (QED) is 0.484. The molecule has 4 nitrogen and oxygen atoms in total. The number of carbonyl (C=O) groups is 2. The van der Waals surface area contributed by atoms with Gasteiger partial charge in [0.1, 0.15) is 0 Å². The van der Waals surface area contributed by atoms with Gasteiger partial charge in [0.15, 0.2) is 0 Å². The van der Waals surface area contributed by atoms with E-state index in [1.165, 1.54) is 12.7 Å². The van der Waals surface area contributed by atoms with Crippen LogP contribution >= 0.6 is 11.8 Å². The second-order valence-electron chi connectivity index (χ2n) is 5.76. The minimum Gasteiger partial charge on any atom is -0.465 e. The number of nitrogens with one attached hydrogen (secondary N) is 1. The summed E-state index contributed by atoms with van der Waals surface area (Å²) in [5.74, 6) is 0.0179. The number of para-hydroxylation sites is 1. The van der Waals surface area contributed by atoms with Crippen molar-refractivity contribution in [2.75, 3.05) is 12.4 Å². The number of benzene rings is 3. The Labute approximate surface area is 162 Å². The summed E-state index contributed by atoms with van der Waals surface area (Å²) in [6.45, 7) is 0. The summed E-state index contributed by atoms with van der Waals surface area (Å²) in [6, 6.07) is 24.3. The summed E-state index contributed by atoms with van der Waals surface area (Å²) in [6.07, 6.45) is 0. The van der Waals surface area contributed by atoms with Gasteiger partial charge in [-0.2, -0.15) is 0 Å². The molecule has 1 amide bonds. The average molecular weight is 377 g/mol. The smallest absolute Gasteiger partial charge is 0.339 e. The Balaban J connectivity index is 1.79. The minimum atomic E-state index is -0.488. The van der Waals surface area contributed by atoms with Crippen molar-refractivity contribution in [3.63, 3.8) is 0 Å². The summed E-state index contributed by atoms with van der Waals surface area (Å²) >= 11 is 1.60. The molecule has 0 aliphatic heterocycles. The Kier molecular flexibility index (Phi) is 6.28. The third kappa shape index (κ3) is 4.77. The van der Waals surface area contributed by atoms with Crippen molar-refractivity contribution in [2.45, 2.75) is 10.6 Å². The van der Waals surface area contributed by atoms with Crippen molar-refractivity contribution >= 4 is 29.3 Å². The van der Waals surface area contributed by atoms with Gasteiger partial charge in [-0.25, -0.2) is 4.79 Å². The lowest BCUT2D eigenvalue weighted by molar-refractivity contribution is 0.0602. The lowest BCUT2D eigenvalue weighted by Crippen LogP contribution is -2.16. The highest BCUT2D eigenvalue weighted by Crippen LogP contribution is 2.27. The van der Waals surface area contributed by atoms with Crippen molar-refractivity contribution in [3.05, 3.63) is 95.6 Å². The normalized spacial score (nSPS) is 10.3. The van der Waals surface area contributed by atoms with Crippen molar-refractivity contribution in [1.82, 2.24) is 0 Å². The van der Waals surface area contributed by atoms with Gasteiger partial charge in [0.2, 0.25) is 0 Å². The summed E-state index contributed by atoms with van der Waals surface area (Å²) in [7, 11) is 1.32. The first-order valence-corrected chi connectivity index (χ1v) is 9.42. The molecule has 27 heavy (non-hydrogen) atoms. The molecule has 0 heterocycles. The molecular weight excluding hydrogens is 358 g/mol. The van der Waals surface area contributed by atoms with Gasteiger partial charge in [-0.3, -0.25) is 4.79 Å². The maximum atomic E-state index is 12.8. The van der Waals surface area contributed by atoms with Gasteiger partial charge in [-0.05, 0) is 29.8 Å². The number of anilines is 1. The Morgan fingerprint density at radius 2 is 1.48 bits per heavy atom. The number of methoxy groups -OCH3 is 1. The van der Waals surface area contributed by atoms with Gasteiger partial charge in [0, 0.05) is 10.6 Å². The Morgan fingerprint density at radius 3 is 2.22 bits per heavy atom. The molecule has 0 spiro atoms. The predicted octanol–water partition coefficient (Wildman–Crippen LogP) is 5.02. The summed E-state index contributed by atoms with van der Waals surface area (Å²) in [4.78, 5) is 25.6. The highest BCUT2D eigenvalue weighted by molar-refractivity contribution is 7.98. The number of amides is 1. The molecular formula is C22H19NO3S. The third-order valence-electron chi connectivity index (χ3n) is 3.95. The largest absolute Gasteiger partial charge is 0.465 e. The maximum absolute atomic E-state index is 12.8. The summed E-state index contributed by atoms with van der Waals surface area (Å²) in [5, 5.41) is 2.83. The monoisotopic (exact) mass is 377 g/mol. The van der Waals surface area contributed by atoms with Crippen molar-refractivity contribution in [3.8, 4) is 0 Å². The van der Waals surface area contributed by atoms with E-state index in [2.05, 4.69) is 17.4 Å². The SMILES string of the molecule is COC(=O)c1ccccc1NC(=O)c1ccccc1SCc1ccccc1. The van der Waals surface area contributed by atoms with Crippen LogP contribution in [0.4, 0.5) is 5.69 Å². The lowest BCUT2D eigenvalue weighted by atomic mass is 10.1. The van der Waals surface area contributed by atoms with Crippen LogP contribution in [0.15, 0.2) is 83.8 Å². The maximum Gasteiger partial charge on any atom is 0.339 e. The Hall–Kier alpha value is -3.05. The number of rotatable bonds is 6. The molecule has 0 aliphatic rings. The minimum absolute atomic E-state index is 0.262. The van der Waals surface area contributed by atoms with Crippen LogP contribution in [-0.4, -0.2) is 19.0 Å². The van der Waals surface area contributed by atoms with Crippen LogP contribution < -0.4 is 5.32 Å². The van der Waals surface area contributed by atoms with E-state index in [-0.39, 0.29) is 5.91 Å². The fourth-order valence-corrected chi connectivity index (χ4v) is 3.59. The zero-order valence-corrected chi connectivity index (χ0v) is 15.7. The van der Waals surface area contributed by atoms with Gasteiger partial charge >= 0.3 is 5.97 Å². The molecule has 0 fully saturated rings. The molecule has 3 rings (SSSR count). The van der Waals surface area contributed by atoms with Crippen molar-refractivity contribution in [1.29, 1.82) is 0 Å². The number of esters is 1. The number of hydrogen-bond acceptors (Lipinski definition) is 4. The first-order valence-electron chi connectivity index (χ1n) is 8.43. The molecule has 3 aromatic carbocycles. The molecule has 0 unspecified atom stereocenters. The molecule has 0 saturated heterocycles. The van der Waals surface area contributed by atoms with E-state index >= 15 is 0 Å². The Bertz CT molecular complexity index is 941. The first kappa shape index (κ1) is 18.7. The van der Waals surface area contributed by atoms with Crippen LogP contribution in [0.3, 0.4) is 0 Å². The molecule has 0 aliphatic carbocycles. The first-order chi connectivity index (χ1) is 13.2. The highest BCUT2D eigenvalue weighted by atomic mass is 32.2. The van der Waals surface area contributed by atoms with Gasteiger partial charge in [0.25, 0.3) is 5.91 Å². The van der Waals surface area contributed by atoms with Crippen molar-refractivity contribution < 1.29 is 14.3 Å². The zero-order chi connectivity index (χ0) is 19.1. The second-order valence-corrected chi connectivity index (χ2v) is 6.78. The summed E-state index contributed by atoms with van der Waals surface area (Å²) < 4.78 is 4.78. The third-order valence-corrected chi connectivity index (χ3v) is 5.09. The molecule has 5 heteroatoms. The standard InChI is InChI=1S/C22H19NO3S/c1-26-22(25)17-11-5-7-13-19(17)23-21(24)18-12-6-8-14-20(18)27-15-16-9-3-2-4-10-16/h2-14H,15H2,1H3,(H,23,24). The van der Waals surface area contributed by atoms with Gasteiger partial charge < -0.3 is 10.1 Å². The van der Waals surface area contributed by atoms with Crippen LogP contribution in [0, 0.1) is 0 Å². The Morgan fingerprint density at radius 1 is 0.852 bits per heavy atom. The summed E-state index contributed by atoms with van der Waals surface area (Å²) in [5.41, 5.74) is 2.51. The number of ether oxygens (including phenoxy) is 1. The van der Waals surface area contributed by atoms with E-state index in [4.69, 9.17) is 4.74 Å². The average Bonchev–Trinajstić information content (AvgIpc) is 2.73. The van der Waals surface area contributed by atoms with E-state index in [0.717, 1.165) is 10.6 Å². The van der Waals surface area contributed by atoms with Crippen LogP contribution in [0.5, 0.6) is 0 Å². The highest BCUT2D eigenvalue weighted by Gasteiger charge is 2.16. The van der Waals surface area contributed by atoms with E-state index in [1.807, 2.05) is 36.4 Å². The van der Waals surface area contributed by atoms with Crippen molar-refractivity contribution in [2.24, 2.45) is 0 Å². The molecule has 0 atom stereocenters. The van der Waals surface area contributed by atoms with E-state index < -0.39 is 5.97 Å². The predicted molar refractivity (Wildman–Crippen MR) is 108 cm³/mol. The van der Waals surface area contributed by atoms with E-state index in [9.17, 15) is 9.59 Å². The molecule has 1 N–H and O–H groups in total. The fraction of sp³-hybridized carbons (Fsp3) is 0.0909. The zero-order valence-electron chi connectivity index (χ0n) is 14.8. The number of carbonyl (C=O) groups excluding carboxylic acids is 2. The van der Waals surface area contributed by atoms with Gasteiger partial charge in [0.05, 0.1) is 23.9 Å². The molecule has 0 bridgehead atoms. The topological polar surface area (TPSA) is 55.4 Å². The van der Waals surface area contributed by atoms with E-state index in [1.54, 1.807) is 42.1 Å². The van der Waals surface area contributed by atoms with E-state index in [0.29, 0.717) is 16.8 Å². The number of thioether (sulfide) groups is 1. The van der Waals surface area contributed by atoms with Crippen LogP contribution in [0.2, 0.25) is 0 Å². The van der Waals surface area contributed by atoms with Crippen LogP contribution in [-0.2, 0) is 10.5 Å². The van der Waals surface area contributed by atoms with Gasteiger partial charge in [-0.1, -0.05) is 54.6 Å². The molecule has 136 valence electrons. The number of hydrogen-bond donors (Lipinski definition) is 1. The second kappa shape index (κ2) is 9.05. The molecule has 3 aromatic rings. The molecule has 0 saturated carbocycles. The molecule has 0 radical (unpaired) electrons. The fourth-order valence-electron chi connectivity index (χ4n) is 2.59. The molecule has 0 aromatic heterocycles. The van der Waals surface area contributed by atoms with Crippen LogP contribution in [0.25, 0.3) is 0 Å².